The number of hydrogen-bond donors (Lipinski definition) is 1. The summed E-state index contributed by atoms with van der Waals surface area (Å²) < 4.78 is 15.5. The van der Waals surface area contributed by atoms with Crippen molar-refractivity contribution in [2.45, 2.75) is 6.92 Å². The van der Waals surface area contributed by atoms with Crippen LogP contribution in [0.2, 0.25) is 0 Å². The number of halogens is 1. The summed E-state index contributed by atoms with van der Waals surface area (Å²) in [7, 11) is 0. The minimum atomic E-state index is -1.25. The summed E-state index contributed by atoms with van der Waals surface area (Å²) in [4.78, 5) is 11.4. The average Bonchev–Trinajstić information content (AvgIpc) is 2.92. The molecule has 2 aromatic carbocycles. The molecule has 0 atom stereocenters. The van der Waals surface area contributed by atoms with Crippen LogP contribution in [-0.4, -0.2) is 26.1 Å². The van der Waals surface area contributed by atoms with Gasteiger partial charge >= 0.3 is 5.97 Å². The van der Waals surface area contributed by atoms with Gasteiger partial charge in [-0.15, -0.1) is 5.10 Å². The number of carboxylic acid groups (broad SMARTS) is 1. The van der Waals surface area contributed by atoms with Gasteiger partial charge in [0.05, 0.1) is 5.69 Å². The molecule has 0 radical (unpaired) electrons. The fourth-order valence-electron chi connectivity index (χ4n) is 2.26. The van der Waals surface area contributed by atoms with E-state index in [2.05, 4.69) is 10.3 Å². The van der Waals surface area contributed by atoms with Gasteiger partial charge in [-0.3, -0.25) is 0 Å². The van der Waals surface area contributed by atoms with Gasteiger partial charge in [-0.2, -0.15) is 0 Å². The first-order valence-corrected chi connectivity index (χ1v) is 6.59. The summed E-state index contributed by atoms with van der Waals surface area (Å²) >= 11 is 0. The van der Waals surface area contributed by atoms with Crippen molar-refractivity contribution in [1.29, 1.82) is 0 Å². The number of aromatic nitrogens is 3. The van der Waals surface area contributed by atoms with Gasteiger partial charge in [0.1, 0.15) is 11.5 Å². The summed E-state index contributed by atoms with van der Waals surface area (Å²) in [6, 6.07) is 13.3. The molecule has 0 spiro atoms. The molecule has 3 rings (SSSR count). The molecule has 0 aliphatic carbocycles. The van der Waals surface area contributed by atoms with Crippen LogP contribution < -0.4 is 0 Å². The first kappa shape index (κ1) is 13.9. The highest BCUT2D eigenvalue weighted by Crippen LogP contribution is 2.27. The molecule has 1 heterocycles. The highest BCUT2D eigenvalue weighted by molar-refractivity contribution is 5.93. The van der Waals surface area contributed by atoms with Gasteiger partial charge in [-0.25, -0.2) is 13.9 Å². The van der Waals surface area contributed by atoms with E-state index >= 15 is 0 Å². The maximum Gasteiger partial charge on any atom is 0.358 e. The lowest BCUT2D eigenvalue weighted by atomic mass is 10.1. The second kappa shape index (κ2) is 5.40. The summed E-state index contributed by atoms with van der Waals surface area (Å²) in [5, 5.41) is 16.9. The third-order valence-electron chi connectivity index (χ3n) is 3.25. The number of nitrogens with zero attached hydrogens (tertiary/aromatic N) is 3. The van der Waals surface area contributed by atoms with Crippen molar-refractivity contribution in [2.24, 2.45) is 0 Å². The smallest absolute Gasteiger partial charge is 0.358 e. The molecule has 0 amide bonds. The third-order valence-corrected chi connectivity index (χ3v) is 3.25. The molecule has 0 aliphatic rings. The molecule has 0 bridgehead atoms. The van der Waals surface area contributed by atoms with Gasteiger partial charge in [0.2, 0.25) is 0 Å². The Kier molecular flexibility index (Phi) is 3.42. The van der Waals surface area contributed by atoms with Crippen LogP contribution in [-0.2, 0) is 0 Å². The maximum absolute atomic E-state index is 14.1. The Bertz CT molecular complexity index is 858. The van der Waals surface area contributed by atoms with E-state index < -0.39 is 11.8 Å². The number of carboxylic acids is 1. The minimum absolute atomic E-state index is 0.121. The van der Waals surface area contributed by atoms with E-state index in [4.69, 9.17) is 0 Å². The van der Waals surface area contributed by atoms with E-state index in [1.54, 1.807) is 18.2 Å². The Balaban J connectivity index is 2.29. The van der Waals surface area contributed by atoms with Gasteiger partial charge in [0.15, 0.2) is 5.69 Å². The number of carbonyl (C=O) groups is 1. The Hall–Kier alpha value is -3.02. The van der Waals surface area contributed by atoms with Crippen LogP contribution in [0, 0.1) is 12.7 Å². The van der Waals surface area contributed by atoms with E-state index in [0.29, 0.717) is 5.69 Å². The van der Waals surface area contributed by atoms with Crippen LogP contribution in [0.5, 0.6) is 0 Å². The molecular formula is C16H12FN3O2. The molecule has 110 valence electrons. The SMILES string of the molecule is Cc1cccc(-n2nnc(C(=O)O)c2-c2ccccc2F)c1. The van der Waals surface area contributed by atoms with Gasteiger partial charge < -0.3 is 5.11 Å². The topological polar surface area (TPSA) is 68.0 Å². The van der Waals surface area contributed by atoms with Crippen LogP contribution in [0.1, 0.15) is 16.1 Å². The Labute approximate surface area is 125 Å². The standard InChI is InChI=1S/C16H12FN3O2/c1-10-5-4-6-11(9-10)20-15(14(16(21)22)18-19-20)12-7-2-3-8-13(12)17/h2-9H,1H3,(H,21,22). The second-order valence-corrected chi connectivity index (χ2v) is 4.82. The van der Waals surface area contributed by atoms with E-state index in [1.165, 1.54) is 16.8 Å². The van der Waals surface area contributed by atoms with Crippen molar-refractivity contribution in [3.63, 3.8) is 0 Å². The van der Waals surface area contributed by atoms with E-state index in [9.17, 15) is 14.3 Å². The van der Waals surface area contributed by atoms with Crippen molar-refractivity contribution >= 4 is 5.97 Å². The quantitative estimate of drug-likeness (QED) is 0.806. The Morgan fingerprint density at radius 1 is 1.18 bits per heavy atom. The summed E-state index contributed by atoms with van der Waals surface area (Å²) in [5.74, 6) is -1.78. The monoisotopic (exact) mass is 297 g/mol. The summed E-state index contributed by atoms with van der Waals surface area (Å²) in [6.45, 7) is 1.90. The molecule has 1 N–H and O–H groups in total. The molecule has 3 aromatic rings. The molecule has 0 aliphatic heterocycles. The van der Waals surface area contributed by atoms with Crippen LogP contribution >= 0.6 is 0 Å². The van der Waals surface area contributed by atoms with Gasteiger partial charge in [0.25, 0.3) is 0 Å². The van der Waals surface area contributed by atoms with E-state index in [-0.39, 0.29) is 17.0 Å². The molecule has 0 unspecified atom stereocenters. The highest BCUT2D eigenvalue weighted by atomic mass is 19.1. The van der Waals surface area contributed by atoms with Crippen molar-refractivity contribution in [3.8, 4) is 16.9 Å². The van der Waals surface area contributed by atoms with Crippen molar-refractivity contribution < 1.29 is 14.3 Å². The van der Waals surface area contributed by atoms with E-state index in [0.717, 1.165) is 5.56 Å². The van der Waals surface area contributed by atoms with Crippen molar-refractivity contribution in [1.82, 2.24) is 15.0 Å². The zero-order valence-corrected chi connectivity index (χ0v) is 11.7. The maximum atomic E-state index is 14.1. The fourth-order valence-corrected chi connectivity index (χ4v) is 2.26. The fraction of sp³-hybridized carbons (Fsp3) is 0.0625. The van der Waals surface area contributed by atoms with E-state index in [1.807, 2.05) is 25.1 Å². The predicted molar refractivity (Wildman–Crippen MR) is 78.4 cm³/mol. The molecule has 0 fully saturated rings. The largest absolute Gasteiger partial charge is 0.476 e. The van der Waals surface area contributed by atoms with Crippen LogP contribution in [0.4, 0.5) is 4.39 Å². The molecule has 0 saturated carbocycles. The molecule has 1 aromatic heterocycles. The van der Waals surface area contributed by atoms with Crippen LogP contribution in [0.25, 0.3) is 16.9 Å². The first-order valence-electron chi connectivity index (χ1n) is 6.59. The normalized spacial score (nSPS) is 10.6. The van der Waals surface area contributed by atoms with Crippen molar-refractivity contribution in [2.75, 3.05) is 0 Å². The predicted octanol–water partition coefficient (Wildman–Crippen LogP) is 3.08. The van der Waals surface area contributed by atoms with Gasteiger partial charge in [-0.05, 0) is 36.8 Å². The van der Waals surface area contributed by atoms with Crippen LogP contribution in [0.15, 0.2) is 48.5 Å². The van der Waals surface area contributed by atoms with Gasteiger partial charge in [-0.1, -0.05) is 29.5 Å². The first-order chi connectivity index (χ1) is 10.6. The number of aromatic carboxylic acids is 1. The zero-order chi connectivity index (χ0) is 15.7. The van der Waals surface area contributed by atoms with Crippen LogP contribution in [0.3, 0.4) is 0 Å². The highest BCUT2D eigenvalue weighted by Gasteiger charge is 2.23. The Morgan fingerprint density at radius 3 is 2.64 bits per heavy atom. The summed E-state index contributed by atoms with van der Waals surface area (Å²) in [5.41, 5.74) is 1.58. The number of aryl methyl sites for hydroxylation is 1. The molecule has 0 saturated heterocycles. The Morgan fingerprint density at radius 2 is 1.95 bits per heavy atom. The van der Waals surface area contributed by atoms with Crippen molar-refractivity contribution in [3.05, 3.63) is 65.6 Å². The third kappa shape index (κ3) is 2.35. The lowest BCUT2D eigenvalue weighted by molar-refractivity contribution is 0.0691. The molecule has 22 heavy (non-hydrogen) atoms. The zero-order valence-electron chi connectivity index (χ0n) is 11.7. The minimum Gasteiger partial charge on any atom is -0.476 e. The molecule has 5 nitrogen and oxygen atoms in total. The number of benzene rings is 2. The molecular weight excluding hydrogens is 285 g/mol. The lowest BCUT2D eigenvalue weighted by Gasteiger charge is -2.08. The molecule has 6 heteroatoms. The number of rotatable bonds is 3. The average molecular weight is 297 g/mol. The second-order valence-electron chi connectivity index (χ2n) is 4.82. The summed E-state index contributed by atoms with van der Waals surface area (Å²) in [6.07, 6.45) is 0. The number of hydrogen-bond acceptors (Lipinski definition) is 3. The lowest BCUT2D eigenvalue weighted by Crippen LogP contribution is -2.04. The van der Waals surface area contributed by atoms with Gasteiger partial charge in [0, 0.05) is 5.56 Å².